The molecule has 15 heteroatoms. The molecule has 3 aromatic rings. The van der Waals surface area contributed by atoms with Gasteiger partial charge < -0.3 is 35.3 Å². The van der Waals surface area contributed by atoms with Crippen LogP contribution in [0.4, 0.5) is 5.82 Å². The first-order chi connectivity index (χ1) is 17.1. The van der Waals surface area contributed by atoms with Crippen LogP contribution in [0.5, 0.6) is 0 Å². The minimum atomic E-state index is -4.88. The summed E-state index contributed by atoms with van der Waals surface area (Å²) in [6.45, 7) is -0.708. The summed E-state index contributed by atoms with van der Waals surface area (Å²) in [7, 11) is -3.78. The smallest absolute Gasteiger partial charge is 0.467 e. The molecule has 1 saturated heterocycles. The van der Waals surface area contributed by atoms with Gasteiger partial charge in [0, 0.05) is 29.7 Å². The third-order valence-corrected chi connectivity index (χ3v) is 6.67. The van der Waals surface area contributed by atoms with Gasteiger partial charge in [-0.15, -0.1) is 0 Å². The van der Waals surface area contributed by atoms with Crippen molar-refractivity contribution in [2.24, 2.45) is 0 Å². The lowest BCUT2D eigenvalue weighted by atomic mass is 10.1. The highest BCUT2D eigenvalue weighted by Crippen LogP contribution is 2.46. The van der Waals surface area contributed by atoms with Crippen LogP contribution in [-0.2, 0) is 34.3 Å². The number of hydrogen-bond acceptors (Lipinski definition) is 11. The number of anilines is 1. The SMILES string of the molecule is COC(=O)[C@H](Cc1c[nH]c2ccccc12)OP(=O)(O)OC[C@H]1O[C@@H](n2ccc(N)nc2=O)[C@@H](O)[C@@H]1O. The number of nitrogens with zero attached hydrogens (tertiary/aromatic N) is 2. The van der Waals surface area contributed by atoms with Gasteiger partial charge in [-0.2, -0.15) is 4.98 Å². The van der Waals surface area contributed by atoms with E-state index < -0.39 is 56.7 Å². The first-order valence-corrected chi connectivity index (χ1v) is 12.2. The number of nitrogen functional groups attached to an aromatic ring is 1. The molecule has 4 rings (SSSR count). The normalized spacial score (nSPS) is 24.4. The Balaban J connectivity index is 1.43. The number of para-hydroxylation sites is 1. The molecule has 6 N–H and O–H groups in total. The molecule has 1 aromatic carbocycles. The summed E-state index contributed by atoms with van der Waals surface area (Å²) < 4.78 is 33.8. The highest BCUT2D eigenvalue weighted by Gasteiger charge is 2.45. The zero-order valence-electron chi connectivity index (χ0n) is 19.0. The third-order valence-electron chi connectivity index (χ3n) is 5.67. The van der Waals surface area contributed by atoms with Gasteiger partial charge in [0.25, 0.3) is 0 Å². The van der Waals surface area contributed by atoms with Crippen molar-refractivity contribution in [1.29, 1.82) is 0 Å². The molecular formula is C21H25N4O10P. The Morgan fingerprint density at radius 1 is 1.31 bits per heavy atom. The number of aliphatic hydroxyl groups is 2. The molecule has 0 bridgehead atoms. The molecule has 0 spiro atoms. The summed E-state index contributed by atoms with van der Waals surface area (Å²) >= 11 is 0. The van der Waals surface area contributed by atoms with E-state index in [0.29, 0.717) is 5.56 Å². The van der Waals surface area contributed by atoms with E-state index in [9.17, 15) is 29.3 Å². The molecule has 0 amide bonds. The number of ether oxygens (including phenoxy) is 2. The third kappa shape index (κ3) is 5.50. The number of carbonyl (C=O) groups is 1. The fraction of sp³-hybridized carbons (Fsp3) is 0.381. The number of esters is 1. The van der Waals surface area contributed by atoms with E-state index in [1.54, 1.807) is 12.3 Å². The van der Waals surface area contributed by atoms with Crippen LogP contribution >= 0.6 is 7.82 Å². The largest absolute Gasteiger partial charge is 0.473 e. The van der Waals surface area contributed by atoms with Crippen LogP contribution in [-0.4, -0.2) is 73.7 Å². The highest BCUT2D eigenvalue weighted by molar-refractivity contribution is 7.47. The van der Waals surface area contributed by atoms with Gasteiger partial charge in [-0.05, 0) is 17.7 Å². The van der Waals surface area contributed by atoms with E-state index >= 15 is 0 Å². The number of phosphoric ester groups is 1. The maximum atomic E-state index is 12.6. The maximum absolute atomic E-state index is 12.6. The molecule has 1 fully saturated rings. The van der Waals surface area contributed by atoms with Gasteiger partial charge in [-0.25, -0.2) is 14.2 Å². The number of nitrogens with one attached hydrogen (secondary N) is 1. The number of hydrogen-bond donors (Lipinski definition) is 5. The molecule has 6 atom stereocenters. The van der Waals surface area contributed by atoms with Gasteiger partial charge >= 0.3 is 19.5 Å². The Bertz CT molecular complexity index is 1340. The van der Waals surface area contributed by atoms with Gasteiger partial charge in [-0.3, -0.25) is 13.6 Å². The van der Waals surface area contributed by atoms with Gasteiger partial charge in [0.05, 0.1) is 13.7 Å². The first-order valence-electron chi connectivity index (χ1n) is 10.7. The number of nitrogens with two attached hydrogens (primary N) is 1. The lowest BCUT2D eigenvalue weighted by molar-refractivity contribution is -0.150. The second-order valence-electron chi connectivity index (χ2n) is 8.03. The molecule has 2 aromatic heterocycles. The van der Waals surface area contributed by atoms with Crippen molar-refractivity contribution >= 4 is 30.5 Å². The number of fused-ring (bicyclic) bond motifs is 1. The van der Waals surface area contributed by atoms with Crippen LogP contribution in [0.1, 0.15) is 11.8 Å². The fourth-order valence-electron chi connectivity index (χ4n) is 3.87. The zero-order valence-corrected chi connectivity index (χ0v) is 19.9. The van der Waals surface area contributed by atoms with Crippen molar-refractivity contribution in [3.05, 3.63) is 58.8 Å². The molecule has 14 nitrogen and oxygen atoms in total. The van der Waals surface area contributed by atoms with Crippen LogP contribution in [0.15, 0.2) is 47.5 Å². The topological polar surface area (TPSA) is 208 Å². The molecular weight excluding hydrogens is 499 g/mol. The van der Waals surface area contributed by atoms with E-state index in [2.05, 4.69) is 9.97 Å². The summed E-state index contributed by atoms with van der Waals surface area (Å²) in [4.78, 5) is 41.1. The molecule has 0 radical (unpaired) electrons. The molecule has 194 valence electrons. The van der Waals surface area contributed by atoms with E-state index in [-0.39, 0.29) is 12.2 Å². The van der Waals surface area contributed by atoms with Crippen LogP contribution in [0.2, 0.25) is 0 Å². The predicted octanol–water partition coefficient (Wildman–Crippen LogP) is -0.156. The van der Waals surface area contributed by atoms with Crippen LogP contribution in [0.3, 0.4) is 0 Å². The first kappa shape index (κ1) is 26.0. The number of carbonyl (C=O) groups excluding carboxylic acids is 1. The number of aliphatic hydroxyl groups excluding tert-OH is 2. The molecule has 1 aliphatic rings. The van der Waals surface area contributed by atoms with E-state index in [0.717, 1.165) is 22.6 Å². The zero-order chi connectivity index (χ0) is 26.0. The van der Waals surface area contributed by atoms with E-state index in [4.69, 9.17) is 24.3 Å². The molecule has 1 unspecified atom stereocenters. The van der Waals surface area contributed by atoms with Crippen LogP contribution in [0.25, 0.3) is 10.9 Å². The molecule has 3 heterocycles. The number of phosphoric acid groups is 1. The number of rotatable bonds is 9. The summed E-state index contributed by atoms with van der Waals surface area (Å²) in [5.74, 6) is -0.948. The second kappa shape index (κ2) is 10.5. The van der Waals surface area contributed by atoms with Gasteiger partial charge in [0.15, 0.2) is 12.3 Å². The van der Waals surface area contributed by atoms with E-state index in [1.165, 1.54) is 12.3 Å². The van der Waals surface area contributed by atoms with Gasteiger partial charge in [0.2, 0.25) is 0 Å². The predicted molar refractivity (Wildman–Crippen MR) is 124 cm³/mol. The number of methoxy groups -OCH3 is 1. The van der Waals surface area contributed by atoms with Crippen molar-refractivity contribution in [2.75, 3.05) is 19.5 Å². The Labute approximate surface area is 203 Å². The van der Waals surface area contributed by atoms with Crippen molar-refractivity contribution in [2.45, 2.75) is 37.1 Å². The lowest BCUT2D eigenvalue weighted by Crippen LogP contribution is -2.36. The average molecular weight is 524 g/mol. The standard InChI is InChI=1S/C21H25N4O10P/c1-32-20(28)14(8-11-9-23-13-5-3-2-4-12(11)13)35-36(30,31)33-10-15-17(26)18(27)19(34-15)25-7-6-16(22)24-21(25)29/h2-7,9,14-15,17-19,23,26-27H,8,10H2,1H3,(H,30,31)(H2,22,24,29)/t14-,15+,17+,18-,19+/m0/s1. The van der Waals surface area contributed by atoms with Crippen molar-refractivity contribution in [3.8, 4) is 0 Å². The van der Waals surface area contributed by atoms with E-state index in [1.807, 2.05) is 18.2 Å². The number of aromatic amines is 1. The maximum Gasteiger partial charge on any atom is 0.473 e. The minimum absolute atomic E-state index is 0.0460. The second-order valence-corrected chi connectivity index (χ2v) is 9.44. The number of aromatic nitrogens is 3. The van der Waals surface area contributed by atoms with Crippen LogP contribution in [0, 0.1) is 0 Å². The van der Waals surface area contributed by atoms with Gasteiger partial charge in [0.1, 0.15) is 24.1 Å². The van der Waals surface area contributed by atoms with Crippen molar-refractivity contribution in [1.82, 2.24) is 14.5 Å². The summed E-state index contributed by atoms with van der Waals surface area (Å²) in [6.07, 6.45) is -4.54. The fourth-order valence-corrected chi connectivity index (χ4v) is 4.75. The van der Waals surface area contributed by atoms with Gasteiger partial charge in [-0.1, -0.05) is 18.2 Å². The summed E-state index contributed by atoms with van der Waals surface area (Å²) in [6, 6.07) is 8.57. The molecule has 36 heavy (non-hydrogen) atoms. The quantitative estimate of drug-likeness (QED) is 0.183. The number of H-pyrrole nitrogens is 1. The number of benzene rings is 1. The van der Waals surface area contributed by atoms with Crippen LogP contribution < -0.4 is 11.4 Å². The Kier molecular flexibility index (Phi) is 7.57. The van der Waals surface area contributed by atoms with Crippen molar-refractivity contribution in [3.63, 3.8) is 0 Å². The monoisotopic (exact) mass is 524 g/mol. The van der Waals surface area contributed by atoms with Crippen molar-refractivity contribution < 1.29 is 43.0 Å². The summed E-state index contributed by atoms with van der Waals surface area (Å²) in [5.41, 5.74) is 6.06. The Hall–Kier alpha value is -3.10. The summed E-state index contributed by atoms with van der Waals surface area (Å²) in [5, 5.41) is 21.4. The molecule has 0 aliphatic carbocycles. The highest BCUT2D eigenvalue weighted by atomic mass is 31.2. The Morgan fingerprint density at radius 2 is 2.06 bits per heavy atom. The minimum Gasteiger partial charge on any atom is -0.467 e. The molecule has 0 saturated carbocycles. The average Bonchev–Trinajstić information content (AvgIpc) is 3.37. The Morgan fingerprint density at radius 3 is 2.78 bits per heavy atom. The lowest BCUT2D eigenvalue weighted by Gasteiger charge is -2.21. The molecule has 1 aliphatic heterocycles.